The van der Waals surface area contributed by atoms with Crippen LogP contribution in [0, 0.1) is 17.3 Å². The number of aldehydes is 1. The molecule has 1 atom stereocenters. The highest BCUT2D eigenvalue weighted by Crippen LogP contribution is 2.42. The van der Waals surface area contributed by atoms with Crippen molar-refractivity contribution in [1.29, 1.82) is 0 Å². The van der Waals surface area contributed by atoms with Gasteiger partial charge in [-0.3, -0.25) is 0 Å². The lowest BCUT2D eigenvalue weighted by molar-refractivity contribution is -0.138. The Morgan fingerprint density at radius 2 is 1.81 bits per heavy atom. The highest BCUT2D eigenvalue weighted by atomic mass is 19.4. The molecule has 0 radical (unpaired) electrons. The van der Waals surface area contributed by atoms with Gasteiger partial charge in [0.25, 0.3) is 5.92 Å². The second-order valence-corrected chi connectivity index (χ2v) is 6.84. The van der Waals surface area contributed by atoms with Crippen molar-refractivity contribution in [1.82, 2.24) is 15.0 Å². The minimum atomic E-state index is -4.53. The smallest absolute Gasteiger partial charge is 0.351 e. The molecule has 0 spiro atoms. The van der Waals surface area contributed by atoms with Gasteiger partial charge in [-0.2, -0.15) is 28.1 Å². The lowest BCUT2D eigenvalue weighted by Gasteiger charge is -2.35. The van der Waals surface area contributed by atoms with Crippen LogP contribution >= 0.6 is 0 Å². The molecule has 1 aromatic rings. The minimum absolute atomic E-state index is 0.149. The molecule has 6 nitrogen and oxygen atoms in total. The van der Waals surface area contributed by atoms with E-state index in [0.29, 0.717) is 19.1 Å². The van der Waals surface area contributed by atoms with Crippen molar-refractivity contribution >= 4 is 18.2 Å². The third-order valence-corrected chi connectivity index (χ3v) is 4.33. The number of alkyl halides is 5. The summed E-state index contributed by atoms with van der Waals surface area (Å²) in [5.41, 5.74) is -0.761. The van der Waals surface area contributed by atoms with Crippen LogP contribution in [0.3, 0.4) is 0 Å². The molecule has 0 bridgehead atoms. The van der Waals surface area contributed by atoms with Gasteiger partial charge in [0.1, 0.15) is 12.3 Å². The summed E-state index contributed by atoms with van der Waals surface area (Å²) < 4.78 is 64.2. The highest BCUT2D eigenvalue weighted by Gasteiger charge is 2.45. The van der Waals surface area contributed by atoms with E-state index in [0.717, 1.165) is 6.92 Å². The van der Waals surface area contributed by atoms with Gasteiger partial charge < -0.3 is 15.4 Å². The van der Waals surface area contributed by atoms with Crippen molar-refractivity contribution in [3.63, 3.8) is 0 Å². The van der Waals surface area contributed by atoms with Gasteiger partial charge in [-0.05, 0) is 25.7 Å². The fourth-order valence-corrected chi connectivity index (χ4v) is 2.37. The van der Waals surface area contributed by atoms with Crippen molar-refractivity contribution < 1.29 is 26.7 Å². The molecular formula is C16H16F5N5O. The first-order chi connectivity index (χ1) is 12.5. The van der Waals surface area contributed by atoms with Crippen LogP contribution in [0.1, 0.15) is 38.4 Å². The van der Waals surface area contributed by atoms with Gasteiger partial charge in [-0.1, -0.05) is 5.92 Å². The Balaban J connectivity index is 1.82. The zero-order valence-corrected chi connectivity index (χ0v) is 14.2. The van der Waals surface area contributed by atoms with Crippen molar-refractivity contribution in [3.8, 4) is 11.8 Å². The summed E-state index contributed by atoms with van der Waals surface area (Å²) in [5, 5.41) is 4.75. The van der Waals surface area contributed by atoms with Gasteiger partial charge in [0.05, 0.1) is 5.41 Å². The second-order valence-electron chi connectivity index (χ2n) is 6.84. The van der Waals surface area contributed by atoms with E-state index in [1.165, 1.54) is 0 Å². The number of nitrogens with zero attached hydrogens (tertiary/aromatic N) is 3. The van der Waals surface area contributed by atoms with Crippen molar-refractivity contribution in [2.24, 2.45) is 5.41 Å². The number of nitrogens with one attached hydrogen (secondary N) is 2. The molecule has 0 aromatic carbocycles. The molecule has 2 aliphatic carbocycles. The Bertz CT molecular complexity index is 789. The monoisotopic (exact) mass is 389 g/mol. The third kappa shape index (κ3) is 4.81. The Labute approximate surface area is 151 Å². The van der Waals surface area contributed by atoms with Gasteiger partial charge in [0, 0.05) is 18.9 Å². The zero-order chi connectivity index (χ0) is 19.9. The summed E-state index contributed by atoms with van der Waals surface area (Å²) >= 11 is 0. The van der Waals surface area contributed by atoms with Crippen LogP contribution in [0.2, 0.25) is 0 Å². The van der Waals surface area contributed by atoms with Crippen molar-refractivity contribution in [2.75, 3.05) is 10.6 Å². The first kappa shape index (κ1) is 19.3. The van der Waals surface area contributed by atoms with E-state index < -0.39 is 42.4 Å². The van der Waals surface area contributed by atoms with E-state index in [4.69, 9.17) is 0 Å². The van der Waals surface area contributed by atoms with Gasteiger partial charge in [0.2, 0.25) is 17.7 Å². The molecule has 3 rings (SSSR count). The lowest BCUT2D eigenvalue weighted by Crippen LogP contribution is -2.44. The Morgan fingerprint density at radius 1 is 1.19 bits per heavy atom. The SMILES string of the molecule is C[C@@H](Nc1nc(C#CC2(C=O)CC2)nc(NC2CC(F)(F)C2)n1)C(F)(F)F. The first-order valence-electron chi connectivity index (χ1n) is 8.24. The van der Waals surface area contributed by atoms with Crippen LogP contribution in [-0.2, 0) is 4.79 Å². The van der Waals surface area contributed by atoms with Crippen LogP contribution < -0.4 is 10.6 Å². The third-order valence-electron chi connectivity index (χ3n) is 4.33. The Hall–Kier alpha value is -2.51. The summed E-state index contributed by atoms with van der Waals surface area (Å²) in [4.78, 5) is 22.6. The summed E-state index contributed by atoms with van der Waals surface area (Å²) in [5.74, 6) is 1.80. The number of carbonyl (C=O) groups is 1. The molecule has 2 saturated carbocycles. The summed E-state index contributed by atoms with van der Waals surface area (Å²) in [7, 11) is 0. The first-order valence-corrected chi connectivity index (χ1v) is 8.24. The molecule has 0 saturated heterocycles. The van der Waals surface area contributed by atoms with Crippen molar-refractivity contribution in [2.45, 2.75) is 56.8 Å². The minimum Gasteiger partial charge on any atom is -0.351 e. The van der Waals surface area contributed by atoms with Crippen LogP contribution in [0.4, 0.5) is 33.8 Å². The normalized spacial score (nSPS) is 21.3. The standard InChI is InChI=1S/C16H16F5N5O/c1-9(16(19,20)21)22-12-24-11(2-3-14(8-27)4-5-14)25-13(26-12)23-10-6-15(17,18)7-10/h8-10H,4-7H2,1H3,(H2,22,23,24,25,26)/t9-/m1/s1. The molecule has 2 aliphatic rings. The summed E-state index contributed by atoms with van der Waals surface area (Å²) in [6, 6.07) is -2.54. The van der Waals surface area contributed by atoms with Crippen LogP contribution in [0.25, 0.3) is 0 Å². The molecule has 146 valence electrons. The predicted octanol–water partition coefficient (Wildman–Crippen LogP) is 2.77. The average Bonchev–Trinajstić information content (AvgIpc) is 3.31. The predicted molar refractivity (Wildman–Crippen MR) is 85.2 cm³/mol. The molecular weight excluding hydrogens is 373 g/mol. The highest BCUT2D eigenvalue weighted by molar-refractivity contribution is 5.69. The maximum atomic E-state index is 13.0. The average molecular weight is 389 g/mol. The fourth-order valence-electron chi connectivity index (χ4n) is 2.37. The van der Waals surface area contributed by atoms with Crippen LogP contribution in [0.5, 0.6) is 0 Å². The summed E-state index contributed by atoms with van der Waals surface area (Å²) in [6.45, 7) is 0.889. The summed E-state index contributed by atoms with van der Waals surface area (Å²) in [6.07, 6.45) is -3.48. The van der Waals surface area contributed by atoms with E-state index in [2.05, 4.69) is 37.4 Å². The topological polar surface area (TPSA) is 79.8 Å². The number of rotatable bonds is 5. The molecule has 2 fully saturated rings. The maximum absolute atomic E-state index is 13.0. The van der Waals surface area contributed by atoms with E-state index in [1.54, 1.807) is 0 Å². The molecule has 1 aromatic heterocycles. The van der Waals surface area contributed by atoms with E-state index in [1.807, 2.05) is 0 Å². The van der Waals surface area contributed by atoms with Gasteiger partial charge in [-0.25, -0.2) is 8.78 Å². The molecule has 0 aliphatic heterocycles. The number of hydrogen-bond donors (Lipinski definition) is 2. The van der Waals surface area contributed by atoms with Gasteiger partial charge in [0.15, 0.2) is 0 Å². The van der Waals surface area contributed by atoms with Crippen LogP contribution in [0.15, 0.2) is 0 Å². The number of aromatic nitrogens is 3. The number of carbonyl (C=O) groups excluding carboxylic acids is 1. The Kier molecular flexibility index (Phi) is 4.69. The number of halogens is 5. The number of anilines is 2. The quantitative estimate of drug-likeness (QED) is 0.458. The molecule has 27 heavy (non-hydrogen) atoms. The zero-order valence-electron chi connectivity index (χ0n) is 14.2. The molecule has 0 amide bonds. The lowest BCUT2D eigenvalue weighted by atomic mass is 9.88. The molecule has 0 unspecified atom stereocenters. The fraction of sp³-hybridized carbons (Fsp3) is 0.625. The van der Waals surface area contributed by atoms with Crippen LogP contribution in [-0.4, -0.2) is 45.4 Å². The molecule has 11 heteroatoms. The largest absolute Gasteiger partial charge is 0.408 e. The molecule has 2 N–H and O–H groups in total. The van der Waals surface area contributed by atoms with Gasteiger partial charge >= 0.3 is 6.18 Å². The second kappa shape index (κ2) is 6.58. The number of hydrogen-bond acceptors (Lipinski definition) is 6. The van der Waals surface area contributed by atoms with E-state index in [-0.39, 0.29) is 17.7 Å². The van der Waals surface area contributed by atoms with Crippen molar-refractivity contribution in [3.05, 3.63) is 5.82 Å². The van der Waals surface area contributed by atoms with E-state index in [9.17, 15) is 26.7 Å². The molecule has 1 heterocycles. The van der Waals surface area contributed by atoms with E-state index >= 15 is 0 Å². The Morgan fingerprint density at radius 3 is 2.33 bits per heavy atom. The van der Waals surface area contributed by atoms with Gasteiger partial charge in [-0.15, -0.1) is 0 Å². The maximum Gasteiger partial charge on any atom is 0.408 e.